The van der Waals surface area contributed by atoms with Gasteiger partial charge in [-0.3, -0.25) is 4.98 Å². The Balaban J connectivity index is 1.97. The Morgan fingerprint density at radius 2 is 2.14 bits per heavy atom. The maximum atomic E-state index is 4.66. The lowest BCUT2D eigenvalue weighted by atomic mass is 10.2. The Bertz CT molecular complexity index is 567. The molecule has 0 radical (unpaired) electrons. The van der Waals surface area contributed by atoms with Crippen LogP contribution in [-0.2, 0) is 13.1 Å². The highest BCUT2D eigenvalue weighted by atomic mass is 32.1. The van der Waals surface area contributed by atoms with Crippen LogP contribution in [0.15, 0.2) is 17.9 Å². The van der Waals surface area contributed by atoms with Crippen LogP contribution in [0.2, 0.25) is 0 Å². The third kappa shape index (κ3) is 4.75. The largest absolute Gasteiger partial charge is 0.353 e. The van der Waals surface area contributed by atoms with Crippen LogP contribution in [0.25, 0.3) is 0 Å². The topological polar surface area (TPSA) is 53.9 Å². The Morgan fingerprint density at radius 3 is 2.81 bits per heavy atom. The van der Waals surface area contributed by atoms with Crippen LogP contribution in [0, 0.1) is 12.8 Å². The first-order valence-electron chi connectivity index (χ1n) is 7.18. The van der Waals surface area contributed by atoms with Gasteiger partial charge in [0.05, 0.1) is 29.6 Å². The Hall–Kier alpha value is -1.53. The number of hydrogen-bond acceptors (Lipinski definition) is 6. The SMILES string of the molecule is Cc1ncsc1CN(C)c1cncc(CNCC(C)C)n1. The quantitative estimate of drug-likeness (QED) is 0.852. The molecule has 0 aliphatic rings. The standard InChI is InChI=1S/C15H23N5S/c1-11(2)5-16-6-13-7-17-8-15(19-13)20(4)9-14-12(3)18-10-21-14/h7-8,10-11,16H,5-6,9H2,1-4H3. The maximum Gasteiger partial charge on any atom is 0.147 e. The summed E-state index contributed by atoms with van der Waals surface area (Å²) in [5.74, 6) is 1.53. The zero-order valence-corrected chi connectivity index (χ0v) is 13.9. The Labute approximate surface area is 130 Å². The van der Waals surface area contributed by atoms with Crippen LogP contribution in [0.3, 0.4) is 0 Å². The van der Waals surface area contributed by atoms with Gasteiger partial charge in [0.25, 0.3) is 0 Å². The minimum absolute atomic E-state index is 0.637. The highest BCUT2D eigenvalue weighted by Crippen LogP contribution is 2.17. The van der Waals surface area contributed by atoms with Crippen molar-refractivity contribution in [3.8, 4) is 0 Å². The molecule has 0 aliphatic heterocycles. The summed E-state index contributed by atoms with van der Waals surface area (Å²) >= 11 is 1.68. The predicted octanol–water partition coefficient (Wildman–Crippen LogP) is 2.62. The number of anilines is 1. The monoisotopic (exact) mass is 305 g/mol. The van der Waals surface area contributed by atoms with E-state index in [0.717, 1.165) is 36.8 Å². The molecule has 6 heteroatoms. The van der Waals surface area contributed by atoms with Crippen molar-refractivity contribution in [3.05, 3.63) is 34.2 Å². The third-order valence-corrected chi connectivity index (χ3v) is 4.07. The fraction of sp³-hybridized carbons (Fsp3) is 0.533. The van der Waals surface area contributed by atoms with E-state index in [-0.39, 0.29) is 0 Å². The molecule has 0 aliphatic carbocycles. The van der Waals surface area contributed by atoms with Crippen LogP contribution in [-0.4, -0.2) is 28.5 Å². The number of rotatable bonds is 7. The minimum atomic E-state index is 0.637. The molecule has 0 amide bonds. The van der Waals surface area contributed by atoms with E-state index >= 15 is 0 Å². The molecule has 21 heavy (non-hydrogen) atoms. The second-order valence-corrected chi connectivity index (χ2v) is 6.55. The molecule has 0 fully saturated rings. The summed E-state index contributed by atoms with van der Waals surface area (Å²) in [5.41, 5.74) is 3.95. The second kappa shape index (κ2) is 7.47. The van der Waals surface area contributed by atoms with Gasteiger partial charge in [-0.05, 0) is 19.4 Å². The van der Waals surface area contributed by atoms with E-state index in [4.69, 9.17) is 0 Å². The molecule has 0 bridgehead atoms. The maximum absolute atomic E-state index is 4.66. The van der Waals surface area contributed by atoms with Crippen LogP contribution >= 0.6 is 11.3 Å². The summed E-state index contributed by atoms with van der Waals surface area (Å²) in [6.45, 7) is 8.99. The van der Waals surface area contributed by atoms with Gasteiger partial charge in [-0.1, -0.05) is 13.8 Å². The van der Waals surface area contributed by atoms with Crippen molar-refractivity contribution < 1.29 is 0 Å². The molecule has 0 unspecified atom stereocenters. The average Bonchev–Trinajstić information content (AvgIpc) is 2.84. The first-order valence-corrected chi connectivity index (χ1v) is 8.06. The molecule has 2 aromatic heterocycles. The molecule has 114 valence electrons. The molecule has 2 heterocycles. The van der Waals surface area contributed by atoms with Gasteiger partial charge in [0, 0.05) is 24.7 Å². The van der Waals surface area contributed by atoms with Gasteiger partial charge in [-0.25, -0.2) is 9.97 Å². The van der Waals surface area contributed by atoms with Gasteiger partial charge >= 0.3 is 0 Å². The zero-order valence-electron chi connectivity index (χ0n) is 13.1. The molecular weight excluding hydrogens is 282 g/mol. The smallest absolute Gasteiger partial charge is 0.147 e. The lowest BCUT2D eigenvalue weighted by Crippen LogP contribution is -2.22. The molecule has 2 aromatic rings. The normalized spacial score (nSPS) is 11.1. The van der Waals surface area contributed by atoms with Crippen molar-refractivity contribution >= 4 is 17.2 Å². The molecule has 2 rings (SSSR count). The van der Waals surface area contributed by atoms with E-state index in [9.17, 15) is 0 Å². The first-order chi connectivity index (χ1) is 10.1. The van der Waals surface area contributed by atoms with Gasteiger partial charge in [-0.2, -0.15) is 0 Å². The highest BCUT2D eigenvalue weighted by molar-refractivity contribution is 7.09. The van der Waals surface area contributed by atoms with Crippen molar-refractivity contribution in [1.29, 1.82) is 0 Å². The van der Waals surface area contributed by atoms with E-state index in [1.807, 2.05) is 31.9 Å². The first kappa shape index (κ1) is 15.9. The predicted molar refractivity (Wildman–Crippen MR) is 87.5 cm³/mol. The average molecular weight is 305 g/mol. The van der Waals surface area contributed by atoms with Gasteiger partial charge in [-0.15, -0.1) is 11.3 Å². The van der Waals surface area contributed by atoms with Crippen LogP contribution < -0.4 is 10.2 Å². The lowest BCUT2D eigenvalue weighted by Gasteiger charge is -2.18. The van der Waals surface area contributed by atoms with Crippen molar-refractivity contribution in [1.82, 2.24) is 20.3 Å². The van der Waals surface area contributed by atoms with Crippen LogP contribution in [0.4, 0.5) is 5.82 Å². The van der Waals surface area contributed by atoms with Crippen molar-refractivity contribution in [2.45, 2.75) is 33.9 Å². The fourth-order valence-electron chi connectivity index (χ4n) is 1.93. The summed E-state index contributed by atoms with van der Waals surface area (Å²) in [5, 5.41) is 3.39. The number of nitrogens with one attached hydrogen (secondary N) is 1. The second-order valence-electron chi connectivity index (χ2n) is 5.61. The highest BCUT2D eigenvalue weighted by Gasteiger charge is 2.09. The molecule has 0 spiro atoms. The number of aryl methyl sites for hydroxylation is 1. The molecule has 0 atom stereocenters. The summed E-state index contributed by atoms with van der Waals surface area (Å²) in [6, 6.07) is 0. The van der Waals surface area contributed by atoms with E-state index in [1.165, 1.54) is 4.88 Å². The fourth-order valence-corrected chi connectivity index (χ4v) is 2.76. The van der Waals surface area contributed by atoms with Crippen molar-refractivity contribution in [2.24, 2.45) is 5.92 Å². The number of nitrogens with zero attached hydrogens (tertiary/aromatic N) is 4. The molecule has 5 nitrogen and oxygen atoms in total. The minimum Gasteiger partial charge on any atom is -0.353 e. The summed E-state index contributed by atoms with van der Waals surface area (Å²) in [6.07, 6.45) is 3.63. The van der Waals surface area contributed by atoms with Crippen molar-refractivity contribution in [3.63, 3.8) is 0 Å². The zero-order chi connectivity index (χ0) is 15.2. The summed E-state index contributed by atoms with van der Waals surface area (Å²) < 4.78 is 0. The summed E-state index contributed by atoms with van der Waals surface area (Å²) in [7, 11) is 2.04. The van der Waals surface area contributed by atoms with E-state index in [1.54, 1.807) is 11.3 Å². The van der Waals surface area contributed by atoms with Gasteiger partial charge in [0.15, 0.2) is 0 Å². The molecular formula is C15H23N5S. The number of thiazole rings is 1. The summed E-state index contributed by atoms with van der Waals surface area (Å²) in [4.78, 5) is 16.6. The van der Waals surface area contributed by atoms with E-state index in [2.05, 4.69) is 39.0 Å². The molecule has 0 saturated heterocycles. The number of hydrogen-bond donors (Lipinski definition) is 1. The van der Waals surface area contributed by atoms with Gasteiger partial charge < -0.3 is 10.2 Å². The van der Waals surface area contributed by atoms with Crippen molar-refractivity contribution in [2.75, 3.05) is 18.5 Å². The molecule has 1 N–H and O–H groups in total. The third-order valence-electron chi connectivity index (χ3n) is 3.15. The van der Waals surface area contributed by atoms with E-state index in [0.29, 0.717) is 5.92 Å². The Kier molecular flexibility index (Phi) is 5.64. The van der Waals surface area contributed by atoms with Gasteiger partial charge in [0.2, 0.25) is 0 Å². The Morgan fingerprint density at radius 1 is 1.33 bits per heavy atom. The van der Waals surface area contributed by atoms with Gasteiger partial charge in [0.1, 0.15) is 5.82 Å². The van der Waals surface area contributed by atoms with E-state index < -0.39 is 0 Å². The lowest BCUT2D eigenvalue weighted by molar-refractivity contribution is 0.547. The number of aromatic nitrogens is 3. The van der Waals surface area contributed by atoms with Crippen LogP contribution in [0.1, 0.15) is 30.1 Å². The van der Waals surface area contributed by atoms with Crippen LogP contribution in [0.5, 0.6) is 0 Å². The molecule has 0 saturated carbocycles. The molecule has 0 aromatic carbocycles.